The molecule has 1 aromatic heterocycles. The lowest BCUT2D eigenvalue weighted by Crippen LogP contribution is -2.46. The highest BCUT2D eigenvalue weighted by Crippen LogP contribution is 2.38. The molecule has 0 aliphatic carbocycles. The molecule has 5 nitrogen and oxygen atoms in total. The van der Waals surface area contributed by atoms with Crippen molar-refractivity contribution in [2.75, 3.05) is 19.6 Å². The van der Waals surface area contributed by atoms with Gasteiger partial charge in [0.05, 0.1) is 22.2 Å². The Labute approximate surface area is 190 Å². The molecule has 2 amide bonds. The van der Waals surface area contributed by atoms with Crippen LogP contribution < -0.4 is 0 Å². The van der Waals surface area contributed by atoms with E-state index in [4.69, 9.17) is 16.6 Å². The van der Waals surface area contributed by atoms with Crippen molar-refractivity contribution in [1.82, 2.24) is 14.8 Å². The van der Waals surface area contributed by atoms with Crippen molar-refractivity contribution in [3.05, 3.63) is 64.1 Å². The molecule has 0 N–H and O–H groups in total. The van der Waals surface area contributed by atoms with Crippen molar-refractivity contribution in [1.29, 1.82) is 0 Å². The third-order valence-electron chi connectivity index (χ3n) is 6.28. The van der Waals surface area contributed by atoms with Crippen LogP contribution in [0.15, 0.2) is 48.5 Å². The number of halogens is 1. The van der Waals surface area contributed by atoms with E-state index in [1.54, 1.807) is 35.6 Å². The number of hydrogen-bond donors (Lipinski definition) is 0. The highest BCUT2D eigenvalue weighted by molar-refractivity contribution is 7.18. The number of aromatic nitrogens is 1. The number of para-hydroxylation sites is 1. The minimum absolute atomic E-state index is 0.0293. The van der Waals surface area contributed by atoms with Gasteiger partial charge < -0.3 is 9.80 Å². The maximum Gasteiger partial charge on any atom is 0.253 e. The number of thiazole rings is 1. The molecule has 2 atom stereocenters. The number of likely N-dealkylation sites (tertiary alicyclic amines) is 2. The molecule has 160 valence electrons. The molecule has 31 heavy (non-hydrogen) atoms. The Hall–Kier alpha value is -2.44. The van der Waals surface area contributed by atoms with Crippen molar-refractivity contribution in [2.45, 2.75) is 31.7 Å². The second-order valence-corrected chi connectivity index (χ2v) is 9.81. The average molecular weight is 454 g/mol. The number of fused-ring (bicyclic) bond motifs is 1. The zero-order valence-corrected chi connectivity index (χ0v) is 18.7. The smallest absolute Gasteiger partial charge is 0.253 e. The van der Waals surface area contributed by atoms with Gasteiger partial charge in [-0.05, 0) is 62.1 Å². The number of amides is 2. The standard InChI is InChI=1S/C24H24ClN3O2S/c25-18-11-9-16(10-12-18)23(29)27-13-3-5-17(15-27)24(30)28-14-4-7-20(28)22-26-19-6-1-2-8-21(19)31-22/h1-2,6,8-12,17,20H,3-5,7,13-15H2. The summed E-state index contributed by atoms with van der Waals surface area (Å²) in [6.07, 6.45) is 3.61. The molecule has 0 spiro atoms. The summed E-state index contributed by atoms with van der Waals surface area (Å²) < 4.78 is 1.16. The van der Waals surface area contributed by atoms with Gasteiger partial charge in [0, 0.05) is 30.2 Å². The second kappa shape index (κ2) is 8.60. The molecule has 2 aromatic carbocycles. The Bertz CT molecular complexity index is 1080. The number of benzene rings is 2. The Balaban J connectivity index is 1.31. The molecule has 3 aromatic rings. The molecule has 0 saturated carbocycles. The highest BCUT2D eigenvalue weighted by atomic mass is 35.5. The first-order valence-corrected chi connectivity index (χ1v) is 12.0. The topological polar surface area (TPSA) is 53.5 Å². The average Bonchev–Trinajstić information content (AvgIpc) is 3.45. The monoisotopic (exact) mass is 453 g/mol. The molecule has 2 aliphatic rings. The molecular formula is C24H24ClN3O2S. The van der Waals surface area contributed by atoms with Crippen molar-refractivity contribution < 1.29 is 9.59 Å². The van der Waals surface area contributed by atoms with Gasteiger partial charge in [0.25, 0.3) is 5.91 Å². The fraction of sp³-hybridized carbons (Fsp3) is 0.375. The summed E-state index contributed by atoms with van der Waals surface area (Å²) in [5, 5.41) is 1.63. The minimum atomic E-state index is -0.153. The summed E-state index contributed by atoms with van der Waals surface area (Å²) in [5.74, 6) is -0.0198. The molecule has 2 saturated heterocycles. The first kappa shape index (κ1) is 20.5. The van der Waals surface area contributed by atoms with Gasteiger partial charge >= 0.3 is 0 Å². The van der Waals surface area contributed by atoms with Gasteiger partial charge in [-0.3, -0.25) is 9.59 Å². The van der Waals surface area contributed by atoms with Crippen LogP contribution in [0.1, 0.15) is 47.1 Å². The lowest BCUT2D eigenvalue weighted by molar-refractivity contribution is -0.137. The van der Waals surface area contributed by atoms with E-state index < -0.39 is 0 Å². The number of carbonyl (C=O) groups excluding carboxylic acids is 2. The van der Waals surface area contributed by atoms with Gasteiger partial charge in [-0.1, -0.05) is 23.7 Å². The normalized spacial score (nSPS) is 21.6. The number of rotatable bonds is 3. The van der Waals surface area contributed by atoms with Crippen LogP contribution in [0.3, 0.4) is 0 Å². The second-order valence-electron chi connectivity index (χ2n) is 8.31. The predicted octanol–water partition coefficient (Wildman–Crippen LogP) is 5.17. The summed E-state index contributed by atoms with van der Waals surface area (Å²) in [5.41, 5.74) is 1.62. The Morgan fingerprint density at radius 2 is 1.77 bits per heavy atom. The number of piperidine rings is 1. The van der Waals surface area contributed by atoms with Crippen LogP contribution in [0.2, 0.25) is 5.02 Å². The molecule has 0 bridgehead atoms. The molecule has 2 fully saturated rings. The molecule has 3 heterocycles. The first-order chi connectivity index (χ1) is 15.1. The van der Waals surface area contributed by atoms with E-state index in [0.29, 0.717) is 23.7 Å². The maximum absolute atomic E-state index is 13.5. The largest absolute Gasteiger partial charge is 0.338 e. The Morgan fingerprint density at radius 3 is 2.58 bits per heavy atom. The Morgan fingerprint density at radius 1 is 1.00 bits per heavy atom. The van der Waals surface area contributed by atoms with Crippen LogP contribution >= 0.6 is 22.9 Å². The van der Waals surface area contributed by atoms with Crippen molar-refractivity contribution in [3.63, 3.8) is 0 Å². The van der Waals surface area contributed by atoms with Gasteiger partial charge in [-0.25, -0.2) is 4.98 Å². The van der Waals surface area contributed by atoms with Crippen LogP contribution in [0.25, 0.3) is 10.2 Å². The number of hydrogen-bond acceptors (Lipinski definition) is 4. The molecule has 0 radical (unpaired) electrons. The third-order valence-corrected chi connectivity index (χ3v) is 7.67. The molecule has 2 unspecified atom stereocenters. The first-order valence-electron chi connectivity index (χ1n) is 10.8. The lowest BCUT2D eigenvalue weighted by Gasteiger charge is -2.35. The zero-order chi connectivity index (χ0) is 21.4. The molecule has 7 heteroatoms. The summed E-state index contributed by atoms with van der Waals surface area (Å²) in [6, 6.07) is 15.1. The maximum atomic E-state index is 13.5. The van der Waals surface area contributed by atoms with E-state index in [2.05, 4.69) is 6.07 Å². The number of carbonyl (C=O) groups is 2. The summed E-state index contributed by atoms with van der Waals surface area (Å²) in [4.78, 5) is 35.1. The predicted molar refractivity (Wildman–Crippen MR) is 123 cm³/mol. The van der Waals surface area contributed by atoms with E-state index in [-0.39, 0.29) is 23.8 Å². The lowest BCUT2D eigenvalue weighted by atomic mass is 9.95. The van der Waals surface area contributed by atoms with Crippen LogP contribution in [0.5, 0.6) is 0 Å². The van der Waals surface area contributed by atoms with Gasteiger partial charge in [0.15, 0.2) is 0 Å². The summed E-state index contributed by atoms with van der Waals surface area (Å²) >= 11 is 7.64. The van der Waals surface area contributed by atoms with E-state index in [0.717, 1.165) is 47.5 Å². The third kappa shape index (κ3) is 4.06. The summed E-state index contributed by atoms with van der Waals surface area (Å²) in [6.45, 7) is 1.93. The quantitative estimate of drug-likeness (QED) is 0.550. The highest BCUT2D eigenvalue weighted by Gasteiger charge is 2.38. The van der Waals surface area contributed by atoms with Crippen molar-refractivity contribution in [3.8, 4) is 0 Å². The molecule has 2 aliphatic heterocycles. The number of nitrogens with zero attached hydrogens (tertiary/aromatic N) is 3. The van der Waals surface area contributed by atoms with E-state index in [9.17, 15) is 9.59 Å². The summed E-state index contributed by atoms with van der Waals surface area (Å²) in [7, 11) is 0. The van der Waals surface area contributed by atoms with Gasteiger partial charge in [-0.15, -0.1) is 11.3 Å². The fourth-order valence-corrected chi connectivity index (χ4v) is 5.93. The van der Waals surface area contributed by atoms with Gasteiger partial charge in [-0.2, -0.15) is 0 Å². The van der Waals surface area contributed by atoms with Crippen molar-refractivity contribution >= 4 is 45.0 Å². The Kier molecular flexibility index (Phi) is 5.67. The van der Waals surface area contributed by atoms with E-state index in [1.807, 2.05) is 28.0 Å². The van der Waals surface area contributed by atoms with Crippen LogP contribution in [-0.4, -0.2) is 46.2 Å². The fourth-order valence-electron chi connectivity index (χ4n) is 4.69. The van der Waals surface area contributed by atoms with Gasteiger partial charge in [0.2, 0.25) is 5.91 Å². The van der Waals surface area contributed by atoms with Gasteiger partial charge in [0.1, 0.15) is 5.01 Å². The van der Waals surface area contributed by atoms with Crippen molar-refractivity contribution in [2.24, 2.45) is 5.92 Å². The van der Waals surface area contributed by atoms with Crippen LogP contribution in [0.4, 0.5) is 0 Å². The van der Waals surface area contributed by atoms with Crippen LogP contribution in [-0.2, 0) is 4.79 Å². The molecule has 5 rings (SSSR count). The zero-order valence-electron chi connectivity index (χ0n) is 17.2. The van der Waals surface area contributed by atoms with E-state index in [1.165, 1.54) is 0 Å². The SMILES string of the molecule is O=C(c1ccc(Cl)cc1)N1CCCC(C(=O)N2CCCC2c2nc3ccccc3s2)C1. The molecular weight excluding hydrogens is 430 g/mol. The van der Waals surface area contributed by atoms with Crippen LogP contribution in [0, 0.1) is 5.92 Å². The van der Waals surface area contributed by atoms with E-state index >= 15 is 0 Å². The minimum Gasteiger partial charge on any atom is -0.338 e.